The van der Waals surface area contributed by atoms with Gasteiger partial charge in [-0.15, -0.1) is 0 Å². The normalized spacial score (nSPS) is 16.5. The summed E-state index contributed by atoms with van der Waals surface area (Å²) in [5.74, 6) is 2.57. The van der Waals surface area contributed by atoms with Gasteiger partial charge in [-0.3, -0.25) is 0 Å². The summed E-state index contributed by atoms with van der Waals surface area (Å²) < 4.78 is 16.0. The van der Waals surface area contributed by atoms with Crippen LogP contribution in [0, 0.1) is 0 Å². The van der Waals surface area contributed by atoms with Crippen LogP contribution < -0.4 is 9.47 Å². The van der Waals surface area contributed by atoms with Crippen LogP contribution >= 0.6 is 11.6 Å². The molecule has 0 N–H and O–H groups in total. The van der Waals surface area contributed by atoms with Crippen LogP contribution in [0.3, 0.4) is 0 Å². The third-order valence-electron chi connectivity index (χ3n) is 4.20. The second-order valence-electron chi connectivity index (χ2n) is 5.73. The molecule has 0 unspecified atom stereocenters. The first kappa shape index (κ1) is 16.1. The molecule has 2 heterocycles. The Balaban J connectivity index is 1.87. The molecule has 1 aliphatic rings. The second kappa shape index (κ2) is 6.76. The largest absolute Gasteiger partial charge is 0.493 e. The molecule has 1 aliphatic heterocycles. The average molecular weight is 338 g/mol. The minimum absolute atomic E-state index is 0.322. The van der Waals surface area contributed by atoms with E-state index in [0.29, 0.717) is 34.2 Å². The lowest BCUT2D eigenvalue weighted by Gasteiger charge is -2.26. The summed E-state index contributed by atoms with van der Waals surface area (Å²) in [5.41, 5.74) is 0.746. The Hall–Kier alpha value is -1.79. The maximum Gasteiger partial charge on any atom is 0.230 e. The van der Waals surface area contributed by atoms with Crippen molar-refractivity contribution >= 4 is 11.6 Å². The van der Waals surface area contributed by atoms with E-state index in [2.05, 4.69) is 22.1 Å². The highest BCUT2D eigenvalue weighted by molar-refractivity contribution is 6.32. The van der Waals surface area contributed by atoms with Crippen molar-refractivity contribution < 1.29 is 14.0 Å². The van der Waals surface area contributed by atoms with Crippen LogP contribution in [0.2, 0.25) is 5.02 Å². The summed E-state index contributed by atoms with van der Waals surface area (Å²) in [4.78, 5) is 6.86. The van der Waals surface area contributed by atoms with E-state index in [4.69, 9.17) is 25.6 Å². The molecule has 7 heteroatoms. The number of hydrogen-bond acceptors (Lipinski definition) is 6. The first-order valence-corrected chi connectivity index (χ1v) is 7.94. The van der Waals surface area contributed by atoms with Crippen LogP contribution in [0.4, 0.5) is 0 Å². The number of hydrogen-bond donors (Lipinski definition) is 0. The molecule has 0 spiro atoms. The van der Waals surface area contributed by atoms with Gasteiger partial charge in [0.15, 0.2) is 11.5 Å². The molecule has 124 valence electrons. The van der Waals surface area contributed by atoms with Crippen LogP contribution in [0.1, 0.15) is 24.7 Å². The lowest BCUT2D eigenvalue weighted by Crippen LogP contribution is -2.29. The Bertz CT molecular complexity index is 681. The topological polar surface area (TPSA) is 60.6 Å². The highest BCUT2D eigenvalue weighted by Gasteiger charge is 2.24. The van der Waals surface area contributed by atoms with Gasteiger partial charge in [0.05, 0.1) is 19.2 Å². The highest BCUT2D eigenvalue weighted by Crippen LogP contribution is 2.39. The number of halogens is 1. The quantitative estimate of drug-likeness (QED) is 0.853. The summed E-state index contributed by atoms with van der Waals surface area (Å²) in [6, 6.07) is 3.56. The zero-order valence-corrected chi connectivity index (χ0v) is 14.3. The van der Waals surface area contributed by atoms with E-state index in [1.54, 1.807) is 26.4 Å². The van der Waals surface area contributed by atoms with Crippen LogP contribution in [0.5, 0.6) is 11.5 Å². The van der Waals surface area contributed by atoms with E-state index in [0.717, 1.165) is 31.5 Å². The predicted molar refractivity (Wildman–Crippen MR) is 87.3 cm³/mol. The Morgan fingerprint density at radius 1 is 1.22 bits per heavy atom. The molecule has 0 radical (unpaired) electrons. The number of ether oxygens (including phenoxy) is 2. The fraction of sp³-hybridized carbons (Fsp3) is 0.500. The van der Waals surface area contributed by atoms with Crippen LogP contribution in [-0.2, 0) is 0 Å². The van der Waals surface area contributed by atoms with E-state index >= 15 is 0 Å². The summed E-state index contributed by atoms with van der Waals surface area (Å²) >= 11 is 6.24. The number of benzene rings is 1. The van der Waals surface area contributed by atoms with Crippen LogP contribution in [0.15, 0.2) is 16.7 Å². The SMILES string of the molecule is COc1cc(-c2noc(C3CCN(C)CC3)n2)cc(Cl)c1OC. The molecule has 23 heavy (non-hydrogen) atoms. The van der Waals surface area contributed by atoms with Gasteiger partial charge in [-0.25, -0.2) is 0 Å². The summed E-state index contributed by atoms with van der Waals surface area (Å²) in [5, 5.41) is 4.55. The van der Waals surface area contributed by atoms with Gasteiger partial charge in [0.1, 0.15) is 0 Å². The number of rotatable bonds is 4. The lowest BCUT2D eigenvalue weighted by molar-refractivity contribution is 0.227. The van der Waals surface area contributed by atoms with Crippen LogP contribution in [-0.4, -0.2) is 49.4 Å². The van der Waals surface area contributed by atoms with Gasteiger partial charge in [-0.2, -0.15) is 4.98 Å². The van der Waals surface area contributed by atoms with Crippen molar-refractivity contribution in [1.29, 1.82) is 0 Å². The number of piperidine rings is 1. The zero-order valence-electron chi connectivity index (χ0n) is 13.5. The number of nitrogens with zero attached hydrogens (tertiary/aromatic N) is 3. The van der Waals surface area contributed by atoms with Gasteiger partial charge in [-0.1, -0.05) is 16.8 Å². The minimum Gasteiger partial charge on any atom is -0.493 e. The Morgan fingerprint density at radius 2 is 1.96 bits per heavy atom. The monoisotopic (exact) mass is 337 g/mol. The predicted octanol–water partition coefficient (Wildman–Crippen LogP) is 3.22. The van der Waals surface area contributed by atoms with Gasteiger partial charge in [0, 0.05) is 11.5 Å². The fourth-order valence-corrected chi connectivity index (χ4v) is 3.11. The third-order valence-corrected chi connectivity index (χ3v) is 4.48. The molecule has 0 atom stereocenters. The molecule has 3 rings (SSSR count). The molecule has 1 saturated heterocycles. The van der Waals surface area contributed by atoms with Crippen molar-refractivity contribution in [2.45, 2.75) is 18.8 Å². The molecular weight excluding hydrogens is 318 g/mol. The molecule has 0 saturated carbocycles. The maximum absolute atomic E-state index is 6.24. The van der Waals surface area contributed by atoms with Gasteiger partial charge in [0.25, 0.3) is 0 Å². The molecule has 1 aromatic heterocycles. The van der Waals surface area contributed by atoms with E-state index < -0.39 is 0 Å². The molecule has 0 aliphatic carbocycles. The summed E-state index contributed by atoms with van der Waals surface area (Å²) in [6.07, 6.45) is 2.07. The fourth-order valence-electron chi connectivity index (χ4n) is 2.82. The van der Waals surface area contributed by atoms with Gasteiger partial charge >= 0.3 is 0 Å². The van der Waals surface area contributed by atoms with Crippen molar-refractivity contribution in [1.82, 2.24) is 15.0 Å². The minimum atomic E-state index is 0.322. The first-order valence-electron chi connectivity index (χ1n) is 7.56. The number of methoxy groups -OCH3 is 2. The molecule has 1 fully saturated rings. The Labute approximate surface area is 140 Å². The third kappa shape index (κ3) is 3.28. The van der Waals surface area contributed by atoms with Gasteiger partial charge in [0.2, 0.25) is 11.7 Å². The van der Waals surface area contributed by atoms with E-state index in [1.165, 1.54) is 0 Å². The molecule has 6 nitrogen and oxygen atoms in total. The molecule has 0 bridgehead atoms. The lowest BCUT2D eigenvalue weighted by atomic mass is 9.97. The summed E-state index contributed by atoms with van der Waals surface area (Å²) in [7, 11) is 5.25. The van der Waals surface area contributed by atoms with Crippen molar-refractivity contribution in [3.05, 3.63) is 23.0 Å². The Morgan fingerprint density at radius 3 is 2.61 bits per heavy atom. The second-order valence-corrected chi connectivity index (χ2v) is 6.13. The summed E-state index contributed by atoms with van der Waals surface area (Å²) in [6.45, 7) is 2.09. The number of likely N-dealkylation sites (tertiary alicyclic amines) is 1. The van der Waals surface area contributed by atoms with Gasteiger partial charge < -0.3 is 18.9 Å². The molecule has 0 amide bonds. The number of aromatic nitrogens is 2. The van der Waals surface area contributed by atoms with E-state index in [-0.39, 0.29) is 0 Å². The Kier molecular flexibility index (Phi) is 4.73. The first-order chi connectivity index (χ1) is 11.1. The van der Waals surface area contributed by atoms with Crippen LogP contribution in [0.25, 0.3) is 11.4 Å². The van der Waals surface area contributed by atoms with Crippen molar-refractivity contribution in [2.75, 3.05) is 34.4 Å². The average Bonchev–Trinajstić information content (AvgIpc) is 3.04. The van der Waals surface area contributed by atoms with Crippen molar-refractivity contribution in [2.24, 2.45) is 0 Å². The molecular formula is C16H20ClN3O3. The highest BCUT2D eigenvalue weighted by atomic mass is 35.5. The zero-order chi connectivity index (χ0) is 16.4. The molecule has 2 aromatic rings. The maximum atomic E-state index is 6.24. The standard InChI is InChI=1S/C16H20ClN3O3/c1-20-6-4-10(5-7-20)16-18-15(19-23-16)11-8-12(17)14(22-3)13(9-11)21-2/h8-10H,4-7H2,1-3H3. The van der Waals surface area contributed by atoms with Crippen molar-refractivity contribution in [3.8, 4) is 22.9 Å². The molecule has 1 aromatic carbocycles. The van der Waals surface area contributed by atoms with E-state index in [1.807, 2.05) is 0 Å². The van der Waals surface area contributed by atoms with Crippen molar-refractivity contribution in [3.63, 3.8) is 0 Å². The van der Waals surface area contributed by atoms with Gasteiger partial charge in [-0.05, 0) is 45.1 Å². The smallest absolute Gasteiger partial charge is 0.230 e. The van der Waals surface area contributed by atoms with E-state index in [9.17, 15) is 0 Å².